The number of aromatic nitrogens is 1. The first-order chi connectivity index (χ1) is 8.33. The van der Waals surface area contributed by atoms with Crippen molar-refractivity contribution in [3.05, 3.63) is 69.9 Å². The zero-order valence-corrected chi connectivity index (χ0v) is 11.5. The van der Waals surface area contributed by atoms with Crippen molar-refractivity contribution in [2.75, 3.05) is 0 Å². The molecule has 1 heterocycles. The van der Waals surface area contributed by atoms with Crippen LogP contribution >= 0.6 is 22.6 Å². The van der Waals surface area contributed by atoms with Gasteiger partial charge in [-0.2, -0.15) is 0 Å². The molecule has 0 amide bonds. The van der Waals surface area contributed by atoms with Crippen LogP contribution in [0.15, 0.2) is 60.8 Å². The number of hydrogen-bond acceptors (Lipinski definition) is 0. The van der Waals surface area contributed by atoms with Gasteiger partial charge in [0.05, 0.1) is 0 Å². The van der Waals surface area contributed by atoms with Crippen LogP contribution in [0.4, 0.5) is 0 Å². The molecule has 0 fully saturated rings. The van der Waals surface area contributed by atoms with E-state index in [1.54, 1.807) is 0 Å². The van der Waals surface area contributed by atoms with E-state index < -0.39 is 0 Å². The third-order valence-electron chi connectivity index (χ3n) is 2.93. The summed E-state index contributed by atoms with van der Waals surface area (Å²) in [5.74, 6) is 0. The normalized spacial score (nSPS) is 10.9. The SMILES string of the molecule is Ic1ccc2c(ccn2Cc2ccccc2)c1. The van der Waals surface area contributed by atoms with Crippen molar-refractivity contribution >= 4 is 33.5 Å². The molecule has 2 aromatic carbocycles. The van der Waals surface area contributed by atoms with E-state index in [0.29, 0.717) is 0 Å². The number of nitrogens with zero attached hydrogens (tertiary/aromatic N) is 1. The van der Waals surface area contributed by atoms with E-state index >= 15 is 0 Å². The van der Waals surface area contributed by atoms with Gasteiger partial charge in [-0.1, -0.05) is 30.3 Å². The van der Waals surface area contributed by atoms with Gasteiger partial charge in [-0.25, -0.2) is 0 Å². The molecule has 0 bridgehead atoms. The van der Waals surface area contributed by atoms with Crippen molar-refractivity contribution in [2.24, 2.45) is 0 Å². The molecule has 0 aliphatic rings. The summed E-state index contributed by atoms with van der Waals surface area (Å²) in [5.41, 5.74) is 2.64. The number of halogens is 1. The second-order valence-corrected chi connectivity index (χ2v) is 5.38. The lowest BCUT2D eigenvalue weighted by Crippen LogP contribution is -1.97. The minimum Gasteiger partial charge on any atom is -0.343 e. The second-order valence-electron chi connectivity index (χ2n) is 4.13. The van der Waals surface area contributed by atoms with Crippen molar-refractivity contribution in [1.29, 1.82) is 0 Å². The number of hydrogen-bond donors (Lipinski definition) is 0. The van der Waals surface area contributed by atoms with Crippen LogP contribution < -0.4 is 0 Å². The summed E-state index contributed by atoms with van der Waals surface area (Å²) in [7, 11) is 0. The summed E-state index contributed by atoms with van der Waals surface area (Å²) in [4.78, 5) is 0. The third kappa shape index (κ3) is 2.22. The van der Waals surface area contributed by atoms with Gasteiger partial charge in [0.25, 0.3) is 0 Å². The van der Waals surface area contributed by atoms with Crippen LogP contribution in [0.1, 0.15) is 5.56 Å². The predicted octanol–water partition coefficient (Wildman–Crippen LogP) is 4.29. The van der Waals surface area contributed by atoms with E-state index in [4.69, 9.17) is 0 Å². The van der Waals surface area contributed by atoms with Gasteiger partial charge in [-0.05, 0) is 52.4 Å². The average Bonchev–Trinajstić information content (AvgIpc) is 2.73. The quantitative estimate of drug-likeness (QED) is 0.617. The monoisotopic (exact) mass is 333 g/mol. The molecule has 0 radical (unpaired) electrons. The lowest BCUT2D eigenvalue weighted by molar-refractivity contribution is 0.837. The van der Waals surface area contributed by atoms with Gasteiger partial charge in [0, 0.05) is 27.2 Å². The van der Waals surface area contributed by atoms with Crippen molar-refractivity contribution in [3.63, 3.8) is 0 Å². The highest BCUT2D eigenvalue weighted by atomic mass is 127. The second kappa shape index (κ2) is 4.53. The Kier molecular flexibility index (Phi) is 2.89. The van der Waals surface area contributed by atoms with E-state index in [1.807, 2.05) is 0 Å². The fourth-order valence-electron chi connectivity index (χ4n) is 2.09. The predicted molar refractivity (Wildman–Crippen MR) is 80.2 cm³/mol. The van der Waals surface area contributed by atoms with Gasteiger partial charge in [0.15, 0.2) is 0 Å². The third-order valence-corrected chi connectivity index (χ3v) is 3.60. The molecule has 3 aromatic rings. The minimum atomic E-state index is 0.935. The highest BCUT2D eigenvalue weighted by Gasteiger charge is 2.01. The van der Waals surface area contributed by atoms with Crippen LogP contribution in [0.3, 0.4) is 0 Å². The Hall–Kier alpha value is -1.29. The zero-order valence-electron chi connectivity index (χ0n) is 9.31. The van der Waals surface area contributed by atoms with Gasteiger partial charge < -0.3 is 4.57 Å². The van der Waals surface area contributed by atoms with Crippen molar-refractivity contribution in [1.82, 2.24) is 4.57 Å². The lowest BCUT2D eigenvalue weighted by Gasteiger charge is -2.05. The van der Waals surface area contributed by atoms with E-state index in [0.717, 1.165) is 6.54 Å². The number of fused-ring (bicyclic) bond motifs is 1. The molecule has 0 aliphatic heterocycles. The standard InChI is InChI=1S/C15H12IN/c16-14-6-7-15-13(10-14)8-9-17(15)11-12-4-2-1-3-5-12/h1-10H,11H2. The van der Waals surface area contributed by atoms with Gasteiger partial charge in [-0.3, -0.25) is 0 Å². The molecule has 2 heteroatoms. The Bertz CT molecular complexity index is 640. The van der Waals surface area contributed by atoms with Gasteiger partial charge in [0.1, 0.15) is 0 Å². The fourth-order valence-corrected chi connectivity index (χ4v) is 2.60. The van der Waals surface area contributed by atoms with E-state index in [1.165, 1.54) is 20.0 Å². The van der Waals surface area contributed by atoms with Crippen LogP contribution in [-0.4, -0.2) is 4.57 Å². The molecule has 0 saturated carbocycles. The van der Waals surface area contributed by atoms with Crippen LogP contribution in [0.5, 0.6) is 0 Å². The maximum atomic E-state index is 2.35. The molecule has 1 nitrogen and oxygen atoms in total. The summed E-state index contributed by atoms with van der Waals surface area (Å²) >= 11 is 2.35. The largest absolute Gasteiger partial charge is 0.343 e. The van der Waals surface area contributed by atoms with Crippen LogP contribution in [0.2, 0.25) is 0 Å². The fraction of sp³-hybridized carbons (Fsp3) is 0.0667. The molecule has 17 heavy (non-hydrogen) atoms. The molecule has 0 saturated heterocycles. The van der Waals surface area contributed by atoms with Crippen molar-refractivity contribution < 1.29 is 0 Å². The average molecular weight is 333 g/mol. The van der Waals surface area contributed by atoms with Crippen LogP contribution in [0.25, 0.3) is 10.9 Å². The molecular weight excluding hydrogens is 321 g/mol. The molecule has 0 aliphatic carbocycles. The van der Waals surface area contributed by atoms with Gasteiger partial charge in [-0.15, -0.1) is 0 Å². The summed E-state index contributed by atoms with van der Waals surface area (Å²) in [6.07, 6.45) is 2.16. The Balaban J connectivity index is 2.01. The summed E-state index contributed by atoms with van der Waals surface area (Å²) < 4.78 is 3.58. The molecule has 1 aromatic heterocycles. The minimum absolute atomic E-state index is 0.935. The number of rotatable bonds is 2. The van der Waals surface area contributed by atoms with Crippen molar-refractivity contribution in [3.8, 4) is 0 Å². The van der Waals surface area contributed by atoms with Gasteiger partial charge in [0.2, 0.25) is 0 Å². The molecule has 0 N–H and O–H groups in total. The highest BCUT2D eigenvalue weighted by molar-refractivity contribution is 14.1. The topological polar surface area (TPSA) is 4.93 Å². The maximum Gasteiger partial charge on any atom is 0.0484 e. The Morgan fingerprint density at radius 2 is 1.76 bits per heavy atom. The van der Waals surface area contributed by atoms with Crippen LogP contribution in [0, 0.1) is 3.57 Å². The molecule has 0 atom stereocenters. The Morgan fingerprint density at radius 3 is 2.59 bits per heavy atom. The highest BCUT2D eigenvalue weighted by Crippen LogP contribution is 2.19. The first kappa shape index (κ1) is 10.8. The zero-order chi connectivity index (χ0) is 11.7. The molecule has 3 rings (SSSR count). The van der Waals surface area contributed by atoms with Crippen LogP contribution in [-0.2, 0) is 6.54 Å². The molecule has 84 valence electrons. The molecule has 0 unspecified atom stereocenters. The van der Waals surface area contributed by atoms with E-state index in [2.05, 4.69) is 88.0 Å². The summed E-state index contributed by atoms with van der Waals surface area (Å²) in [5, 5.41) is 1.31. The van der Waals surface area contributed by atoms with E-state index in [-0.39, 0.29) is 0 Å². The van der Waals surface area contributed by atoms with E-state index in [9.17, 15) is 0 Å². The van der Waals surface area contributed by atoms with Crippen molar-refractivity contribution in [2.45, 2.75) is 6.54 Å². The summed E-state index contributed by atoms with van der Waals surface area (Å²) in [6, 6.07) is 19.3. The lowest BCUT2D eigenvalue weighted by atomic mass is 10.2. The Labute approximate surface area is 114 Å². The number of benzene rings is 2. The summed E-state index contributed by atoms with van der Waals surface area (Å²) in [6.45, 7) is 0.935. The van der Waals surface area contributed by atoms with Gasteiger partial charge >= 0.3 is 0 Å². The Morgan fingerprint density at radius 1 is 0.941 bits per heavy atom. The first-order valence-electron chi connectivity index (χ1n) is 5.61. The maximum absolute atomic E-state index is 2.35. The molecular formula is C15H12IN. The smallest absolute Gasteiger partial charge is 0.0484 e. The first-order valence-corrected chi connectivity index (χ1v) is 6.69. The molecule has 0 spiro atoms.